The number of alkyl halides is 1. The van der Waals surface area contributed by atoms with E-state index in [0.717, 1.165) is 0 Å². The van der Waals surface area contributed by atoms with Crippen LogP contribution in [0, 0.1) is 0 Å². The summed E-state index contributed by atoms with van der Waals surface area (Å²) in [6, 6.07) is 4.74. The summed E-state index contributed by atoms with van der Waals surface area (Å²) >= 11 is 11.5. The van der Waals surface area contributed by atoms with E-state index < -0.39 is 5.97 Å². The van der Waals surface area contributed by atoms with Crippen molar-refractivity contribution in [1.82, 2.24) is 0 Å². The minimum Gasteiger partial charge on any atom is -0.459 e. The number of aliphatic imine (C=N–C) groups is 1. The van der Waals surface area contributed by atoms with Gasteiger partial charge in [0.15, 0.2) is 0 Å². The number of carbonyl (C=O) groups excluding carboxylic acids is 1. The zero-order chi connectivity index (χ0) is 13.7. The zero-order valence-electron chi connectivity index (χ0n) is 10.1. The molecule has 4 nitrogen and oxygen atoms in total. The summed E-state index contributed by atoms with van der Waals surface area (Å²) in [4.78, 5) is 15.8. The fourth-order valence-electron chi connectivity index (χ4n) is 1.21. The molecule has 0 amide bonds. The third-order valence-electron chi connectivity index (χ3n) is 1.92. The fraction of sp³-hybridized carbons (Fsp3) is 0.333. The van der Waals surface area contributed by atoms with Gasteiger partial charge in [-0.15, -0.1) is 11.6 Å². The average Bonchev–Trinajstić information content (AvgIpc) is 2.30. The van der Waals surface area contributed by atoms with Crippen molar-refractivity contribution in [2.24, 2.45) is 10.7 Å². The Morgan fingerprint density at radius 2 is 2.17 bits per heavy atom. The van der Waals surface area contributed by atoms with Gasteiger partial charge in [-0.1, -0.05) is 11.6 Å². The highest BCUT2D eigenvalue weighted by atomic mass is 35.5. The molecule has 0 fully saturated rings. The lowest BCUT2D eigenvalue weighted by Gasteiger charge is -2.09. The van der Waals surface area contributed by atoms with Crippen LogP contribution in [-0.2, 0) is 4.74 Å². The van der Waals surface area contributed by atoms with Crippen molar-refractivity contribution >= 4 is 40.7 Å². The lowest BCUT2D eigenvalue weighted by Crippen LogP contribution is -2.13. The van der Waals surface area contributed by atoms with Gasteiger partial charge in [-0.05, 0) is 32.0 Å². The highest BCUT2D eigenvalue weighted by molar-refractivity contribution is 6.33. The Kier molecular flexibility index (Phi) is 5.44. The maximum Gasteiger partial charge on any atom is 0.339 e. The third-order valence-corrected chi connectivity index (χ3v) is 2.53. The van der Waals surface area contributed by atoms with Crippen LogP contribution in [0.3, 0.4) is 0 Å². The summed E-state index contributed by atoms with van der Waals surface area (Å²) in [6.45, 7) is 3.53. The van der Waals surface area contributed by atoms with Crippen molar-refractivity contribution in [3.63, 3.8) is 0 Å². The largest absolute Gasteiger partial charge is 0.459 e. The Hall–Kier alpha value is -1.26. The van der Waals surface area contributed by atoms with Gasteiger partial charge in [-0.25, -0.2) is 9.79 Å². The minimum atomic E-state index is -0.489. The van der Waals surface area contributed by atoms with Crippen LogP contribution in [0.4, 0.5) is 5.69 Å². The average molecular weight is 289 g/mol. The van der Waals surface area contributed by atoms with E-state index in [1.165, 1.54) is 6.07 Å². The summed E-state index contributed by atoms with van der Waals surface area (Å²) in [5.41, 5.74) is 6.28. The van der Waals surface area contributed by atoms with Crippen LogP contribution in [0.25, 0.3) is 0 Å². The normalized spacial score (nSPS) is 11.7. The van der Waals surface area contributed by atoms with E-state index in [1.807, 2.05) is 0 Å². The summed E-state index contributed by atoms with van der Waals surface area (Å²) in [7, 11) is 0. The number of esters is 1. The first kappa shape index (κ1) is 14.8. The van der Waals surface area contributed by atoms with E-state index in [9.17, 15) is 4.79 Å². The molecule has 0 aromatic heterocycles. The van der Waals surface area contributed by atoms with Crippen LogP contribution in [-0.4, -0.2) is 23.8 Å². The summed E-state index contributed by atoms with van der Waals surface area (Å²) in [5, 5.41) is 0.309. The second-order valence-electron chi connectivity index (χ2n) is 3.85. The predicted octanol–water partition coefficient (Wildman–Crippen LogP) is 3.13. The molecule has 6 heteroatoms. The number of amidine groups is 1. The monoisotopic (exact) mass is 288 g/mol. The van der Waals surface area contributed by atoms with Crippen LogP contribution < -0.4 is 5.73 Å². The first-order valence-corrected chi connectivity index (χ1v) is 6.24. The number of rotatable bonds is 4. The van der Waals surface area contributed by atoms with Gasteiger partial charge in [0, 0.05) is 0 Å². The Bertz CT molecular complexity index is 473. The summed E-state index contributed by atoms with van der Waals surface area (Å²) in [6.07, 6.45) is -0.214. The van der Waals surface area contributed by atoms with Crippen molar-refractivity contribution in [2.45, 2.75) is 20.0 Å². The van der Waals surface area contributed by atoms with Gasteiger partial charge in [0.25, 0.3) is 0 Å². The minimum absolute atomic E-state index is 0.119. The molecule has 0 aliphatic heterocycles. The van der Waals surface area contributed by atoms with Gasteiger partial charge in [-0.3, -0.25) is 0 Å². The van der Waals surface area contributed by atoms with E-state index in [2.05, 4.69) is 4.99 Å². The summed E-state index contributed by atoms with van der Waals surface area (Å²) in [5.74, 6) is -0.104. The molecular weight excluding hydrogens is 275 g/mol. The molecular formula is C12H14Cl2N2O2. The SMILES string of the molecule is CC(C)OC(=O)c1cc(N=C(N)CCl)ccc1Cl. The number of halogens is 2. The molecule has 1 aromatic rings. The number of nitrogens with two attached hydrogens (primary N) is 1. The van der Waals surface area contributed by atoms with Crippen molar-refractivity contribution in [3.8, 4) is 0 Å². The van der Waals surface area contributed by atoms with Crippen molar-refractivity contribution < 1.29 is 9.53 Å². The fourth-order valence-corrected chi connectivity index (χ4v) is 1.47. The quantitative estimate of drug-likeness (QED) is 0.401. The van der Waals surface area contributed by atoms with Crippen LogP contribution in [0.1, 0.15) is 24.2 Å². The lowest BCUT2D eigenvalue weighted by molar-refractivity contribution is 0.0378. The van der Waals surface area contributed by atoms with Crippen LogP contribution >= 0.6 is 23.2 Å². The van der Waals surface area contributed by atoms with Gasteiger partial charge in [-0.2, -0.15) is 0 Å². The van der Waals surface area contributed by atoms with Gasteiger partial charge < -0.3 is 10.5 Å². The molecule has 0 bridgehead atoms. The molecule has 98 valence electrons. The topological polar surface area (TPSA) is 64.7 Å². The number of nitrogens with zero attached hydrogens (tertiary/aromatic N) is 1. The molecule has 0 aliphatic carbocycles. The number of hydrogen-bond donors (Lipinski definition) is 1. The molecule has 1 rings (SSSR count). The highest BCUT2D eigenvalue weighted by Crippen LogP contribution is 2.23. The third kappa shape index (κ3) is 4.20. The molecule has 0 saturated heterocycles. The first-order valence-electron chi connectivity index (χ1n) is 5.33. The van der Waals surface area contributed by atoms with Gasteiger partial charge in [0.1, 0.15) is 5.84 Å². The van der Waals surface area contributed by atoms with E-state index in [4.69, 9.17) is 33.7 Å². The van der Waals surface area contributed by atoms with E-state index >= 15 is 0 Å². The molecule has 0 spiro atoms. The smallest absolute Gasteiger partial charge is 0.339 e. The van der Waals surface area contributed by atoms with Gasteiger partial charge in [0.05, 0.1) is 28.3 Å². The van der Waals surface area contributed by atoms with E-state index in [0.29, 0.717) is 10.7 Å². The molecule has 0 heterocycles. The van der Waals surface area contributed by atoms with Crippen LogP contribution in [0.5, 0.6) is 0 Å². The Morgan fingerprint density at radius 1 is 1.50 bits per heavy atom. The van der Waals surface area contributed by atoms with Crippen molar-refractivity contribution in [3.05, 3.63) is 28.8 Å². The van der Waals surface area contributed by atoms with Crippen molar-refractivity contribution in [1.29, 1.82) is 0 Å². The number of carbonyl (C=O) groups is 1. The van der Waals surface area contributed by atoms with Gasteiger partial charge >= 0.3 is 5.97 Å². The van der Waals surface area contributed by atoms with E-state index in [1.54, 1.807) is 26.0 Å². The Labute approximate surface area is 116 Å². The molecule has 2 N–H and O–H groups in total. The molecule has 0 saturated carbocycles. The molecule has 0 atom stereocenters. The van der Waals surface area contributed by atoms with Crippen molar-refractivity contribution in [2.75, 3.05) is 5.88 Å². The maximum absolute atomic E-state index is 11.8. The standard InChI is InChI=1S/C12H14Cl2N2O2/c1-7(2)18-12(17)9-5-8(3-4-10(9)14)16-11(15)6-13/h3-5,7H,6H2,1-2H3,(H2,15,16). The molecule has 0 unspecified atom stereocenters. The number of hydrogen-bond acceptors (Lipinski definition) is 3. The zero-order valence-corrected chi connectivity index (χ0v) is 11.6. The Morgan fingerprint density at radius 3 is 2.72 bits per heavy atom. The van der Waals surface area contributed by atoms with Crippen LogP contribution in [0.15, 0.2) is 23.2 Å². The van der Waals surface area contributed by atoms with Gasteiger partial charge in [0.2, 0.25) is 0 Å². The molecule has 0 aliphatic rings. The van der Waals surface area contributed by atoms with E-state index in [-0.39, 0.29) is 23.4 Å². The second kappa shape index (κ2) is 6.61. The highest BCUT2D eigenvalue weighted by Gasteiger charge is 2.14. The number of ether oxygens (including phenoxy) is 1. The lowest BCUT2D eigenvalue weighted by atomic mass is 10.2. The molecule has 18 heavy (non-hydrogen) atoms. The molecule has 0 radical (unpaired) electrons. The van der Waals surface area contributed by atoms with Crippen LogP contribution in [0.2, 0.25) is 5.02 Å². The second-order valence-corrected chi connectivity index (χ2v) is 4.53. The Balaban J connectivity index is 3.05. The first-order chi connectivity index (χ1) is 8.43. The number of benzene rings is 1. The predicted molar refractivity (Wildman–Crippen MR) is 74.0 cm³/mol. The maximum atomic E-state index is 11.8. The molecule has 1 aromatic carbocycles. The summed E-state index contributed by atoms with van der Waals surface area (Å²) < 4.78 is 5.07.